The van der Waals surface area contributed by atoms with Crippen molar-refractivity contribution in [2.75, 3.05) is 20.3 Å². The number of fused-ring (bicyclic) bond motifs is 3. The van der Waals surface area contributed by atoms with Crippen LogP contribution in [0, 0.1) is 18.7 Å². The fourth-order valence-electron chi connectivity index (χ4n) is 5.40. The Morgan fingerprint density at radius 2 is 2.08 bits per heavy atom. The SMILES string of the molecule is COC(=O)c1[nH]nc2c3ncc(-c4c(C)nnn4C)cc3n(C(c3ncccc3F)C3CCOCC3)c12. The number of carbonyl (C=O) groups is 1. The molecule has 5 aromatic rings. The van der Waals surface area contributed by atoms with Gasteiger partial charge in [-0.15, -0.1) is 5.10 Å². The summed E-state index contributed by atoms with van der Waals surface area (Å²) in [6, 6.07) is 4.39. The number of methoxy groups -OCH3 is 1. The number of hydrogen-bond acceptors (Lipinski definition) is 8. The van der Waals surface area contributed by atoms with Gasteiger partial charge < -0.3 is 14.0 Å². The molecule has 0 bridgehead atoms. The lowest BCUT2D eigenvalue weighted by molar-refractivity contribution is 0.0539. The van der Waals surface area contributed by atoms with Crippen molar-refractivity contribution in [3.63, 3.8) is 0 Å². The summed E-state index contributed by atoms with van der Waals surface area (Å²) in [5.41, 5.74) is 5.05. The molecule has 12 heteroatoms. The number of carbonyl (C=O) groups excluding carboxylic acids is 1. The van der Waals surface area contributed by atoms with Crippen LogP contribution in [0.2, 0.25) is 0 Å². The largest absolute Gasteiger partial charge is 0.464 e. The van der Waals surface area contributed by atoms with Crippen molar-refractivity contribution in [3.8, 4) is 11.3 Å². The summed E-state index contributed by atoms with van der Waals surface area (Å²) in [6.45, 7) is 2.98. The molecule has 190 valence electrons. The Morgan fingerprint density at radius 1 is 1.27 bits per heavy atom. The number of H-pyrrole nitrogens is 1. The summed E-state index contributed by atoms with van der Waals surface area (Å²) in [5.74, 6) is -1.01. The molecular formula is C25H25FN8O3. The van der Waals surface area contributed by atoms with Crippen LogP contribution >= 0.6 is 0 Å². The highest BCUT2D eigenvalue weighted by Gasteiger charge is 2.35. The maximum atomic E-state index is 15.4. The molecule has 0 aromatic carbocycles. The minimum absolute atomic E-state index is 0.0129. The number of esters is 1. The van der Waals surface area contributed by atoms with Gasteiger partial charge in [0.2, 0.25) is 0 Å². The smallest absolute Gasteiger partial charge is 0.358 e. The van der Waals surface area contributed by atoms with E-state index < -0.39 is 17.8 Å². The number of halogens is 1. The number of pyridine rings is 2. The molecular weight excluding hydrogens is 479 g/mol. The summed E-state index contributed by atoms with van der Waals surface area (Å²) in [4.78, 5) is 22.0. The van der Waals surface area contributed by atoms with Gasteiger partial charge in [-0.2, -0.15) is 5.10 Å². The second-order valence-electron chi connectivity index (χ2n) is 9.16. The van der Waals surface area contributed by atoms with Crippen molar-refractivity contribution >= 4 is 28.0 Å². The van der Waals surface area contributed by atoms with E-state index in [0.29, 0.717) is 48.1 Å². The molecule has 1 unspecified atom stereocenters. The Kier molecular flexibility index (Phi) is 5.67. The van der Waals surface area contributed by atoms with Crippen LogP contribution in [-0.4, -0.2) is 66.0 Å². The van der Waals surface area contributed by atoms with Crippen LogP contribution in [0.15, 0.2) is 30.6 Å². The highest BCUT2D eigenvalue weighted by molar-refractivity contribution is 6.11. The molecule has 1 fully saturated rings. The van der Waals surface area contributed by atoms with Crippen molar-refractivity contribution in [2.24, 2.45) is 13.0 Å². The number of aromatic nitrogens is 8. The van der Waals surface area contributed by atoms with Crippen LogP contribution in [0.5, 0.6) is 0 Å². The number of aryl methyl sites for hydroxylation is 2. The summed E-state index contributed by atoms with van der Waals surface area (Å²) in [7, 11) is 3.12. The van der Waals surface area contributed by atoms with Gasteiger partial charge in [0.05, 0.1) is 35.8 Å². The number of aromatic amines is 1. The lowest BCUT2D eigenvalue weighted by Gasteiger charge is -2.32. The summed E-state index contributed by atoms with van der Waals surface area (Å²) < 4.78 is 29.7. The molecule has 0 amide bonds. The number of hydrogen-bond donors (Lipinski definition) is 1. The Hall–Kier alpha value is -4.19. The van der Waals surface area contributed by atoms with Gasteiger partial charge in [0.25, 0.3) is 0 Å². The zero-order valence-electron chi connectivity index (χ0n) is 20.6. The Morgan fingerprint density at radius 3 is 2.78 bits per heavy atom. The van der Waals surface area contributed by atoms with Gasteiger partial charge in [-0.05, 0) is 43.9 Å². The van der Waals surface area contributed by atoms with E-state index in [4.69, 9.17) is 14.5 Å². The molecule has 6 rings (SSSR count). The van der Waals surface area contributed by atoms with Gasteiger partial charge >= 0.3 is 5.97 Å². The lowest BCUT2D eigenvalue weighted by Crippen LogP contribution is -2.28. The molecule has 1 aliphatic rings. The molecule has 1 aliphatic heterocycles. The topological polar surface area (TPSA) is 126 Å². The van der Waals surface area contributed by atoms with Crippen LogP contribution in [-0.2, 0) is 16.5 Å². The monoisotopic (exact) mass is 504 g/mol. The first-order valence-corrected chi connectivity index (χ1v) is 12.0. The van der Waals surface area contributed by atoms with E-state index in [1.807, 2.05) is 24.6 Å². The Balaban J connectivity index is 1.71. The average Bonchev–Trinajstić information content (AvgIpc) is 3.58. The van der Waals surface area contributed by atoms with Crippen LogP contribution in [0.25, 0.3) is 33.3 Å². The van der Waals surface area contributed by atoms with E-state index in [9.17, 15) is 4.79 Å². The second-order valence-corrected chi connectivity index (χ2v) is 9.16. The summed E-state index contributed by atoms with van der Waals surface area (Å²) in [5, 5.41) is 15.5. The number of ether oxygens (including phenoxy) is 2. The number of nitrogens with zero attached hydrogens (tertiary/aromatic N) is 7. The fraction of sp³-hybridized carbons (Fsp3) is 0.360. The quantitative estimate of drug-likeness (QED) is 0.361. The standard InChI is InChI=1S/C25H25FN8O3/c1-13-22(33(2)32-29-13)15-11-17-19(28-12-15)20-24(21(31-30-20)25(35)36-3)34(17)23(14-6-9-37-10-7-14)18-16(26)5-4-8-27-18/h4-5,8,11-12,14,23H,6-7,9-10H2,1-3H3,(H,30,31). The molecule has 6 heterocycles. The van der Waals surface area contributed by atoms with E-state index in [0.717, 1.165) is 17.0 Å². The molecule has 0 aliphatic carbocycles. The molecule has 1 atom stereocenters. The van der Waals surface area contributed by atoms with Crippen molar-refractivity contribution in [1.29, 1.82) is 0 Å². The molecule has 5 aromatic heterocycles. The van der Waals surface area contributed by atoms with Crippen molar-refractivity contribution in [3.05, 3.63) is 53.5 Å². The van der Waals surface area contributed by atoms with Gasteiger partial charge in [0.1, 0.15) is 22.4 Å². The third-order valence-corrected chi connectivity index (χ3v) is 7.05. The molecule has 37 heavy (non-hydrogen) atoms. The molecule has 1 N–H and O–H groups in total. The second kappa shape index (κ2) is 9.04. The molecule has 11 nitrogen and oxygen atoms in total. The highest BCUT2D eigenvalue weighted by Crippen LogP contribution is 2.41. The predicted octanol–water partition coefficient (Wildman–Crippen LogP) is 3.35. The number of rotatable bonds is 5. The van der Waals surface area contributed by atoms with E-state index in [1.165, 1.54) is 13.2 Å². The van der Waals surface area contributed by atoms with Gasteiger partial charge in [-0.3, -0.25) is 15.1 Å². The van der Waals surface area contributed by atoms with Gasteiger partial charge in [-0.1, -0.05) is 5.21 Å². The van der Waals surface area contributed by atoms with Crippen molar-refractivity contribution < 1.29 is 18.7 Å². The fourth-order valence-corrected chi connectivity index (χ4v) is 5.40. The predicted molar refractivity (Wildman–Crippen MR) is 131 cm³/mol. The Labute approximate surface area is 210 Å². The molecule has 1 saturated heterocycles. The van der Waals surface area contributed by atoms with Crippen LogP contribution in [0.3, 0.4) is 0 Å². The van der Waals surface area contributed by atoms with Gasteiger partial charge in [0.15, 0.2) is 5.69 Å². The number of nitrogens with one attached hydrogen (secondary N) is 1. The molecule has 0 radical (unpaired) electrons. The maximum Gasteiger partial charge on any atom is 0.358 e. The van der Waals surface area contributed by atoms with Crippen LogP contribution in [0.4, 0.5) is 4.39 Å². The average molecular weight is 505 g/mol. The first kappa shape index (κ1) is 23.2. The van der Waals surface area contributed by atoms with Crippen molar-refractivity contribution in [1.82, 2.24) is 39.7 Å². The molecule has 0 saturated carbocycles. The van der Waals surface area contributed by atoms with E-state index >= 15 is 4.39 Å². The zero-order valence-corrected chi connectivity index (χ0v) is 20.6. The zero-order chi connectivity index (χ0) is 25.7. The van der Waals surface area contributed by atoms with E-state index in [-0.39, 0.29) is 17.3 Å². The third-order valence-electron chi connectivity index (χ3n) is 7.05. The van der Waals surface area contributed by atoms with Crippen molar-refractivity contribution in [2.45, 2.75) is 25.8 Å². The maximum absolute atomic E-state index is 15.4. The summed E-state index contributed by atoms with van der Waals surface area (Å²) >= 11 is 0. The minimum atomic E-state index is -0.578. The first-order chi connectivity index (χ1) is 18.0. The lowest BCUT2D eigenvalue weighted by atomic mass is 9.88. The summed E-state index contributed by atoms with van der Waals surface area (Å²) in [6.07, 6.45) is 4.71. The van der Waals surface area contributed by atoms with Crippen LogP contribution in [0.1, 0.15) is 40.8 Å². The molecule has 0 spiro atoms. The van der Waals surface area contributed by atoms with E-state index in [1.54, 1.807) is 23.1 Å². The van der Waals surface area contributed by atoms with E-state index in [2.05, 4.69) is 25.5 Å². The minimum Gasteiger partial charge on any atom is -0.464 e. The highest BCUT2D eigenvalue weighted by atomic mass is 19.1. The third kappa shape index (κ3) is 3.67. The van der Waals surface area contributed by atoms with Gasteiger partial charge in [-0.25, -0.2) is 13.9 Å². The Bertz CT molecular complexity index is 1610. The van der Waals surface area contributed by atoms with Crippen LogP contribution < -0.4 is 0 Å². The normalized spacial score (nSPS) is 15.5. The first-order valence-electron chi connectivity index (χ1n) is 12.0. The van der Waals surface area contributed by atoms with Gasteiger partial charge in [0, 0.05) is 38.2 Å².